The Kier molecular flexibility index (Phi) is 71.6. The maximum atomic E-state index is 13.1. The van der Waals surface area contributed by atoms with Crippen LogP contribution in [0.2, 0.25) is 0 Å². The molecule has 0 aliphatic carbocycles. The highest BCUT2D eigenvalue weighted by molar-refractivity contribution is 7.47. The number of hydrogen-bond donors (Lipinski definition) is 3. The van der Waals surface area contributed by atoms with Crippen molar-refractivity contribution in [1.82, 2.24) is 0 Å². The summed E-state index contributed by atoms with van der Waals surface area (Å²) in [5.74, 6) is -2.21. The molecule has 0 aromatic rings. The third kappa shape index (κ3) is 73.1. The third-order valence-corrected chi connectivity index (χ3v) is 19.4. The second kappa shape index (κ2) is 74.0. The van der Waals surface area contributed by atoms with Crippen LogP contribution in [-0.4, -0.2) is 96.7 Å². The highest BCUT2D eigenvalue weighted by atomic mass is 31.2. The lowest BCUT2D eigenvalue weighted by molar-refractivity contribution is -0.161. The number of phosphoric ester groups is 2. The summed E-state index contributed by atoms with van der Waals surface area (Å²) in [7, 11) is -9.96. The predicted octanol–water partition coefficient (Wildman–Crippen LogP) is 23.5. The Morgan fingerprint density at radius 3 is 0.820 bits per heavy atom. The van der Waals surface area contributed by atoms with E-state index in [1.807, 2.05) is 12.2 Å². The van der Waals surface area contributed by atoms with Crippen LogP contribution in [0.4, 0.5) is 0 Å². The number of hydrogen-bond acceptors (Lipinski definition) is 15. The summed E-state index contributed by atoms with van der Waals surface area (Å²) in [5.41, 5.74) is 0. The number of esters is 4. The van der Waals surface area contributed by atoms with E-state index in [1.54, 1.807) is 0 Å². The fraction of sp³-hybridized carbons (Fsp3) is 0.827. The maximum absolute atomic E-state index is 13.1. The van der Waals surface area contributed by atoms with Gasteiger partial charge < -0.3 is 33.8 Å². The molecule has 100 heavy (non-hydrogen) atoms. The first-order chi connectivity index (χ1) is 48.7. The van der Waals surface area contributed by atoms with Crippen molar-refractivity contribution in [3.8, 4) is 0 Å². The van der Waals surface area contributed by atoms with E-state index in [-0.39, 0.29) is 25.7 Å². The molecule has 0 aromatic heterocycles. The molecule has 0 heterocycles. The summed E-state index contributed by atoms with van der Waals surface area (Å²) in [6.45, 7) is 4.85. The Morgan fingerprint density at radius 2 is 0.500 bits per heavy atom. The van der Waals surface area contributed by atoms with Gasteiger partial charge in [-0.1, -0.05) is 320 Å². The second-order valence-electron chi connectivity index (χ2n) is 27.4. The van der Waals surface area contributed by atoms with Crippen molar-refractivity contribution in [2.24, 2.45) is 0 Å². The van der Waals surface area contributed by atoms with Crippen molar-refractivity contribution in [2.45, 2.75) is 393 Å². The van der Waals surface area contributed by atoms with E-state index in [1.165, 1.54) is 180 Å². The van der Waals surface area contributed by atoms with Crippen molar-refractivity contribution in [3.05, 3.63) is 60.8 Å². The van der Waals surface area contributed by atoms with E-state index >= 15 is 0 Å². The fourth-order valence-corrected chi connectivity index (χ4v) is 12.8. The number of allylic oxidation sites excluding steroid dienone is 10. The molecule has 0 radical (unpaired) electrons. The van der Waals surface area contributed by atoms with Crippen LogP contribution in [0, 0.1) is 0 Å². The van der Waals surface area contributed by atoms with Gasteiger partial charge in [-0.05, 0) is 89.9 Å². The molecular formula is C81H148O17P2. The number of phosphoric acid groups is 2. The Morgan fingerprint density at radius 1 is 0.280 bits per heavy atom. The molecule has 584 valence electrons. The van der Waals surface area contributed by atoms with Gasteiger partial charge >= 0.3 is 39.5 Å². The number of aliphatic hydroxyl groups is 1. The quantitative estimate of drug-likeness (QED) is 0.0169. The number of ether oxygens (including phenoxy) is 4. The van der Waals surface area contributed by atoms with Crippen molar-refractivity contribution < 1.29 is 80.2 Å². The summed E-state index contributed by atoms with van der Waals surface area (Å²) in [6.07, 6.45) is 73.4. The first-order valence-electron chi connectivity index (χ1n) is 40.5. The molecule has 19 heteroatoms. The van der Waals surface area contributed by atoms with Gasteiger partial charge in [-0.15, -0.1) is 0 Å². The van der Waals surface area contributed by atoms with E-state index in [4.69, 9.17) is 37.0 Å². The Hall–Kier alpha value is -3.24. The van der Waals surface area contributed by atoms with Crippen LogP contribution in [0.3, 0.4) is 0 Å². The standard InChI is InChI=1S/C81H148O17P2/c1-5-9-13-17-21-25-29-33-36-37-40-44-48-52-56-60-64-68-81(86)98-76(71-91-78(83)65-61-57-53-49-45-41-32-28-24-20-16-12-8-4)73-95-99(87,88)93-69-75(82)70-94-100(89,90)96-74-77(97-80(85)67-63-59-55-51-47-43-39-35-31-27-23-19-15-11-7-3)72-92-79(84)66-62-58-54-50-46-42-38-34-30-26-22-18-14-10-6-2/h21,25,33-34,36,38,40,44,52,56,75-77,82H,5-20,22-24,26-32,35,37,39,41-43,45-51,53-55,57-74H2,1-4H3,(H,87,88)(H,89,90)/b25-21-,36-33-,38-34-,44-40-,56-52-/t75-,76+,77+/m0/s1. The minimum absolute atomic E-state index is 0.0243. The van der Waals surface area contributed by atoms with Crippen LogP contribution in [0.5, 0.6) is 0 Å². The topological polar surface area (TPSA) is 237 Å². The zero-order valence-corrected chi connectivity index (χ0v) is 65.7. The summed E-state index contributed by atoms with van der Waals surface area (Å²) >= 11 is 0. The molecule has 0 amide bonds. The van der Waals surface area contributed by atoms with Crippen LogP contribution >= 0.6 is 15.6 Å². The van der Waals surface area contributed by atoms with Crippen molar-refractivity contribution >= 4 is 39.5 Å². The molecule has 0 saturated heterocycles. The first kappa shape index (κ1) is 96.8. The van der Waals surface area contributed by atoms with Crippen molar-refractivity contribution in [3.63, 3.8) is 0 Å². The normalized spacial score (nSPS) is 14.2. The molecule has 0 fully saturated rings. The van der Waals surface area contributed by atoms with E-state index in [2.05, 4.69) is 76.3 Å². The Bertz CT molecular complexity index is 2130. The summed E-state index contributed by atoms with van der Waals surface area (Å²) in [6, 6.07) is 0. The van der Waals surface area contributed by atoms with Gasteiger partial charge in [0.15, 0.2) is 12.2 Å². The number of aliphatic hydroxyl groups excluding tert-OH is 1. The number of carbonyl (C=O) groups excluding carboxylic acids is 4. The Labute approximate surface area is 610 Å². The molecule has 0 aromatic carbocycles. The fourth-order valence-electron chi connectivity index (χ4n) is 11.3. The van der Waals surface area contributed by atoms with Crippen LogP contribution < -0.4 is 0 Å². The van der Waals surface area contributed by atoms with Crippen LogP contribution in [0.1, 0.15) is 374 Å². The second-order valence-corrected chi connectivity index (χ2v) is 30.3. The minimum atomic E-state index is -4.98. The molecule has 17 nitrogen and oxygen atoms in total. The van der Waals surface area contributed by atoms with Crippen LogP contribution in [0.15, 0.2) is 60.8 Å². The zero-order valence-electron chi connectivity index (χ0n) is 63.9. The highest BCUT2D eigenvalue weighted by Gasteiger charge is 2.30. The largest absolute Gasteiger partial charge is 0.472 e. The summed E-state index contributed by atoms with van der Waals surface area (Å²) in [5, 5.41) is 10.6. The maximum Gasteiger partial charge on any atom is 0.472 e. The van der Waals surface area contributed by atoms with Gasteiger partial charge in [-0.25, -0.2) is 9.13 Å². The molecular weight excluding hydrogens is 1310 g/mol. The predicted molar refractivity (Wildman–Crippen MR) is 409 cm³/mol. The molecule has 0 spiro atoms. The van der Waals surface area contributed by atoms with E-state index in [9.17, 15) is 43.2 Å². The zero-order chi connectivity index (χ0) is 73.2. The molecule has 0 bridgehead atoms. The van der Waals surface area contributed by atoms with Gasteiger partial charge in [0.1, 0.15) is 19.3 Å². The SMILES string of the molecule is CCCCC/C=C\C/C=C\C/C=C\C/C=C\CCCC(=O)O[C@H](COC(=O)CCCCCCCCCCCCCCC)COP(=O)(O)OC[C@H](O)COP(=O)(O)OC[C@@H](COC(=O)CCCCCCC/C=C\CCCCCCCC)OC(=O)CCCCCCCCCCCCCCCCC. The van der Waals surface area contributed by atoms with Gasteiger partial charge in [-0.2, -0.15) is 0 Å². The lowest BCUT2D eigenvalue weighted by Gasteiger charge is -2.21. The lowest BCUT2D eigenvalue weighted by Crippen LogP contribution is -2.30. The van der Waals surface area contributed by atoms with Crippen molar-refractivity contribution in [2.75, 3.05) is 39.6 Å². The molecule has 0 aliphatic rings. The molecule has 2 unspecified atom stereocenters. The molecule has 3 N–H and O–H groups in total. The molecule has 0 saturated carbocycles. The smallest absolute Gasteiger partial charge is 0.462 e. The van der Waals surface area contributed by atoms with Gasteiger partial charge in [0.05, 0.1) is 26.4 Å². The van der Waals surface area contributed by atoms with Gasteiger partial charge in [-0.3, -0.25) is 37.3 Å². The average molecular weight is 1460 g/mol. The highest BCUT2D eigenvalue weighted by Crippen LogP contribution is 2.45. The molecule has 5 atom stereocenters. The number of rotatable bonds is 77. The molecule has 0 aliphatic heterocycles. The van der Waals surface area contributed by atoms with Crippen LogP contribution in [-0.2, 0) is 65.4 Å². The van der Waals surface area contributed by atoms with E-state index in [0.717, 1.165) is 109 Å². The minimum Gasteiger partial charge on any atom is -0.462 e. The summed E-state index contributed by atoms with van der Waals surface area (Å²) < 4.78 is 68.6. The first-order valence-corrected chi connectivity index (χ1v) is 43.5. The third-order valence-electron chi connectivity index (χ3n) is 17.5. The average Bonchev–Trinajstić information content (AvgIpc) is 1.13. The van der Waals surface area contributed by atoms with Crippen LogP contribution in [0.25, 0.3) is 0 Å². The van der Waals surface area contributed by atoms with Crippen molar-refractivity contribution in [1.29, 1.82) is 0 Å². The van der Waals surface area contributed by atoms with E-state index < -0.39 is 97.5 Å². The summed E-state index contributed by atoms with van der Waals surface area (Å²) in [4.78, 5) is 73.0. The number of carbonyl (C=O) groups is 4. The van der Waals surface area contributed by atoms with E-state index in [0.29, 0.717) is 32.1 Å². The number of unbranched alkanes of at least 4 members (excludes halogenated alkanes) is 41. The lowest BCUT2D eigenvalue weighted by atomic mass is 10.0. The Balaban J connectivity index is 5.37. The van der Waals surface area contributed by atoms with Gasteiger partial charge in [0.2, 0.25) is 0 Å². The molecule has 0 rings (SSSR count). The monoisotopic (exact) mass is 1460 g/mol. The van der Waals surface area contributed by atoms with Gasteiger partial charge in [0, 0.05) is 25.7 Å². The van der Waals surface area contributed by atoms with Gasteiger partial charge in [0.25, 0.3) is 0 Å².